The number of morpholine rings is 1. The summed E-state index contributed by atoms with van der Waals surface area (Å²) >= 11 is 0. The summed E-state index contributed by atoms with van der Waals surface area (Å²) < 4.78 is 38.6. The van der Waals surface area contributed by atoms with Gasteiger partial charge in [-0.05, 0) is 31.0 Å². The number of hydrogen-bond acceptors (Lipinski definition) is 7. The maximum atomic E-state index is 13.0. The van der Waals surface area contributed by atoms with Crippen molar-refractivity contribution < 1.29 is 32.3 Å². The second-order valence-electron chi connectivity index (χ2n) is 8.50. The Morgan fingerprint density at radius 2 is 1.56 bits per heavy atom. The van der Waals surface area contributed by atoms with Crippen molar-refractivity contribution in [3.8, 4) is 0 Å². The molecular formula is C22H30N4O7S. The summed E-state index contributed by atoms with van der Waals surface area (Å²) in [7, 11) is -3.78. The van der Waals surface area contributed by atoms with Crippen LogP contribution in [0.3, 0.4) is 0 Å². The monoisotopic (exact) mass is 494 g/mol. The maximum absolute atomic E-state index is 13.0. The van der Waals surface area contributed by atoms with Gasteiger partial charge >= 0.3 is 11.8 Å². The van der Waals surface area contributed by atoms with E-state index >= 15 is 0 Å². The summed E-state index contributed by atoms with van der Waals surface area (Å²) in [6.07, 6.45) is 1.60. The van der Waals surface area contributed by atoms with Crippen LogP contribution in [0.1, 0.15) is 23.2 Å². The molecule has 12 heteroatoms. The standard InChI is InChI=1S/C22H30N4O7S/c27-20(17-3-1-5-19(15-17)34(30,31)23-16-18-4-2-12-33-18)24-6-8-25(9-7-24)21(28)22(29)26-10-13-32-14-11-26/h1,3,5,15,18,23H,2,4,6-14,16H2. The summed E-state index contributed by atoms with van der Waals surface area (Å²) in [6, 6.07) is 5.91. The minimum Gasteiger partial charge on any atom is -0.378 e. The summed E-state index contributed by atoms with van der Waals surface area (Å²) in [6.45, 7) is 3.44. The lowest BCUT2D eigenvalue weighted by Gasteiger charge is -2.36. The quantitative estimate of drug-likeness (QED) is 0.536. The highest BCUT2D eigenvalue weighted by Gasteiger charge is 2.32. The first-order valence-corrected chi connectivity index (χ1v) is 13.0. The minimum atomic E-state index is -3.78. The number of carbonyl (C=O) groups is 3. The van der Waals surface area contributed by atoms with E-state index in [0.717, 1.165) is 12.8 Å². The van der Waals surface area contributed by atoms with E-state index in [1.54, 1.807) is 11.0 Å². The first-order valence-electron chi connectivity index (χ1n) is 11.5. The second-order valence-corrected chi connectivity index (χ2v) is 10.3. The number of carbonyl (C=O) groups excluding carboxylic acids is 3. The summed E-state index contributed by atoms with van der Waals surface area (Å²) in [5.41, 5.74) is 0.254. The van der Waals surface area contributed by atoms with Crippen molar-refractivity contribution in [2.24, 2.45) is 0 Å². The number of hydrogen-bond donors (Lipinski definition) is 1. The van der Waals surface area contributed by atoms with Crippen LogP contribution >= 0.6 is 0 Å². The average Bonchev–Trinajstić information content (AvgIpc) is 3.41. The van der Waals surface area contributed by atoms with Crippen LogP contribution in [0.4, 0.5) is 0 Å². The summed E-state index contributed by atoms with van der Waals surface area (Å²) in [5.74, 6) is -1.43. The first-order chi connectivity index (χ1) is 16.3. The Morgan fingerprint density at radius 3 is 2.21 bits per heavy atom. The predicted molar refractivity (Wildman–Crippen MR) is 120 cm³/mol. The van der Waals surface area contributed by atoms with Crippen LogP contribution in [0.2, 0.25) is 0 Å². The average molecular weight is 495 g/mol. The van der Waals surface area contributed by atoms with Crippen LogP contribution in [0.25, 0.3) is 0 Å². The van der Waals surface area contributed by atoms with E-state index < -0.39 is 21.8 Å². The predicted octanol–water partition coefficient (Wildman–Crippen LogP) is -0.713. The zero-order valence-corrected chi connectivity index (χ0v) is 19.8. The van der Waals surface area contributed by atoms with E-state index in [0.29, 0.717) is 32.9 Å². The van der Waals surface area contributed by atoms with Gasteiger partial charge in [-0.15, -0.1) is 0 Å². The number of nitrogens with one attached hydrogen (secondary N) is 1. The molecule has 34 heavy (non-hydrogen) atoms. The third-order valence-electron chi connectivity index (χ3n) is 6.25. The second kappa shape index (κ2) is 10.8. The Bertz CT molecular complexity index is 1010. The fourth-order valence-corrected chi connectivity index (χ4v) is 5.33. The van der Waals surface area contributed by atoms with Gasteiger partial charge in [-0.25, -0.2) is 13.1 Å². The van der Waals surface area contributed by atoms with E-state index in [1.165, 1.54) is 28.0 Å². The molecule has 1 atom stereocenters. The molecule has 0 aromatic heterocycles. The first kappa shape index (κ1) is 24.6. The molecule has 0 saturated carbocycles. The van der Waals surface area contributed by atoms with Crippen LogP contribution in [-0.2, 0) is 29.1 Å². The lowest BCUT2D eigenvalue weighted by Crippen LogP contribution is -2.55. The Kier molecular flexibility index (Phi) is 7.81. The molecule has 0 radical (unpaired) electrons. The smallest absolute Gasteiger partial charge is 0.312 e. The van der Waals surface area contributed by atoms with E-state index in [1.807, 2.05) is 0 Å². The van der Waals surface area contributed by atoms with E-state index in [4.69, 9.17) is 9.47 Å². The maximum Gasteiger partial charge on any atom is 0.312 e. The molecule has 4 rings (SSSR count). The number of rotatable bonds is 5. The van der Waals surface area contributed by atoms with Gasteiger partial charge in [0.05, 0.1) is 24.2 Å². The molecule has 0 bridgehead atoms. The Hall–Kier alpha value is -2.54. The van der Waals surface area contributed by atoms with Gasteiger partial charge in [0.15, 0.2) is 0 Å². The lowest BCUT2D eigenvalue weighted by molar-refractivity contribution is -0.154. The SMILES string of the molecule is O=C(C(=O)N1CCN(C(=O)c2cccc(S(=O)(=O)NCC3CCCO3)c2)CC1)N1CCOCC1. The van der Waals surface area contributed by atoms with Gasteiger partial charge in [0.2, 0.25) is 10.0 Å². The molecule has 11 nitrogen and oxygen atoms in total. The van der Waals surface area contributed by atoms with E-state index in [-0.39, 0.29) is 55.2 Å². The molecule has 1 aromatic rings. The highest BCUT2D eigenvalue weighted by atomic mass is 32.2. The molecular weight excluding hydrogens is 464 g/mol. The van der Waals surface area contributed by atoms with Crippen molar-refractivity contribution >= 4 is 27.7 Å². The Labute approximate surface area is 199 Å². The van der Waals surface area contributed by atoms with Gasteiger partial charge in [-0.1, -0.05) is 6.07 Å². The molecule has 186 valence electrons. The zero-order valence-electron chi connectivity index (χ0n) is 19.0. The van der Waals surface area contributed by atoms with Gasteiger partial charge in [0.25, 0.3) is 5.91 Å². The van der Waals surface area contributed by atoms with Gasteiger partial charge < -0.3 is 24.2 Å². The number of piperazine rings is 1. The number of benzene rings is 1. The molecule has 0 spiro atoms. The van der Waals surface area contributed by atoms with Crippen molar-refractivity contribution in [1.82, 2.24) is 19.4 Å². The topological polar surface area (TPSA) is 126 Å². The molecule has 3 amide bonds. The normalized spacial score (nSPS) is 21.5. The van der Waals surface area contributed by atoms with Crippen LogP contribution in [0, 0.1) is 0 Å². The molecule has 3 heterocycles. The summed E-state index contributed by atoms with van der Waals surface area (Å²) in [4.78, 5) is 42.5. The van der Waals surface area contributed by atoms with Crippen molar-refractivity contribution in [3.63, 3.8) is 0 Å². The number of sulfonamides is 1. The fourth-order valence-electron chi connectivity index (χ4n) is 4.22. The van der Waals surface area contributed by atoms with Crippen LogP contribution in [0.5, 0.6) is 0 Å². The highest BCUT2D eigenvalue weighted by Crippen LogP contribution is 2.17. The van der Waals surface area contributed by atoms with Crippen molar-refractivity contribution in [1.29, 1.82) is 0 Å². The molecule has 3 fully saturated rings. The van der Waals surface area contributed by atoms with Crippen molar-refractivity contribution in [2.45, 2.75) is 23.8 Å². The van der Waals surface area contributed by atoms with E-state index in [9.17, 15) is 22.8 Å². The largest absolute Gasteiger partial charge is 0.378 e. The van der Waals surface area contributed by atoms with E-state index in [2.05, 4.69) is 4.72 Å². The van der Waals surface area contributed by atoms with Crippen molar-refractivity contribution in [2.75, 3.05) is 65.6 Å². The number of ether oxygens (including phenoxy) is 2. The van der Waals surface area contributed by atoms with Gasteiger partial charge in [0.1, 0.15) is 0 Å². The summed E-state index contributed by atoms with van der Waals surface area (Å²) in [5, 5.41) is 0. The van der Waals surface area contributed by atoms with Gasteiger partial charge in [-0.2, -0.15) is 0 Å². The fraction of sp³-hybridized carbons (Fsp3) is 0.591. The molecule has 1 N–H and O–H groups in total. The lowest BCUT2D eigenvalue weighted by atomic mass is 10.2. The Morgan fingerprint density at radius 1 is 0.912 bits per heavy atom. The Balaban J connectivity index is 1.33. The molecule has 0 aliphatic carbocycles. The third-order valence-corrected chi connectivity index (χ3v) is 7.67. The molecule has 3 aliphatic heterocycles. The van der Waals surface area contributed by atoms with Gasteiger partial charge in [-0.3, -0.25) is 14.4 Å². The van der Waals surface area contributed by atoms with Crippen LogP contribution in [0.15, 0.2) is 29.2 Å². The van der Waals surface area contributed by atoms with Crippen LogP contribution < -0.4 is 4.72 Å². The molecule has 1 aromatic carbocycles. The molecule has 3 saturated heterocycles. The van der Waals surface area contributed by atoms with Crippen LogP contribution in [-0.4, -0.2) is 113 Å². The highest BCUT2D eigenvalue weighted by molar-refractivity contribution is 7.89. The van der Waals surface area contributed by atoms with Gasteiger partial charge in [0, 0.05) is 58.0 Å². The molecule has 3 aliphatic rings. The molecule has 1 unspecified atom stereocenters. The zero-order chi connectivity index (χ0) is 24.1. The number of amides is 3. The van der Waals surface area contributed by atoms with Crippen molar-refractivity contribution in [3.05, 3.63) is 29.8 Å². The minimum absolute atomic E-state index is 0.0151. The third kappa shape index (κ3) is 5.74. The number of nitrogens with zero attached hydrogens (tertiary/aromatic N) is 3.